The van der Waals surface area contributed by atoms with Gasteiger partial charge in [-0.15, -0.1) is 11.3 Å². The molecule has 0 radical (unpaired) electrons. The maximum atomic E-state index is 12.0. The molecular formula is C8H12ClNO2S2. The number of hydrogen-bond donors (Lipinski definition) is 1. The van der Waals surface area contributed by atoms with E-state index in [9.17, 15) is 8.42 Å². The summed E-state index contributed by atoms with van der Waals surface area (Å²) in [5.74, 6) is 0. The molecule has 14 heavy (non-hydrogen) atoms. The van der Waals surface area contributed by atoms with Crippen molar-refractivity contribution in [2.75, 3.05) is 7.05 Å². The van der Waals surface area contributed by atoms with Gasteiger partial charge in [-0.25, -0.2) is 8.42 Å². The zero-order valence-corrected chi connectivity index (χ0v) is 10.6. The van der Waals surface area contributed by atoms with Gasteiger partial charge in [0.2, 0.25) is 9.84 Å². The Hall–Kier alpha value is -0.100. The average molecular weight is 254 g/mol. The van der Waals surface area contributed by atoms with Crippen molar-refractivity contribution in [2.24, 2.45) is 0 Å². The van der Waals surface area contributed by atoms with Gasteiger partial charge < -0.3 is 5.32 Å². The molecule has 0 amide bonds. The number of sulfone groups is 1. The van der Waals surface area contributed by atoms with Crippen LogP contribution in [0.1, 0.15) is 13.8 Å². The Kier molecular flexibility index (Phi) is 3.26. The molecule has 1 N–H and O–H groups in total. The van der Waals surface area contributed by atoms with Gasteiger partial charge in [-0.2, -0.15) is 0 Å². The number of rotatable bonds is 3. The summed E-state index contributed by atoms with van der Waals surface area (Å²) in [4.78, 5) is -0.971. The van der Waals surface area contributed by atoms with Crippen LogP contribution in [0.4, 0.5) is 0 Å². The molecule has 0 aliphatic rings. The highest BCUT2D eigenvalue weighted by Crippen LogP contribution is 2.31. The van der Waals surface area contributed by atoms with E-state index in [-0.39, 0.29) is 0 Å². The van der Waals surface area contributed by atoms with Crippen LogP contribution in [0.2, 0.25) is 4.34 Å². The summed E-state index contributed by atoms with van der Waals surface area (Å²) in [6.45, 7) is 3.24. The molecule has 0 saturated carbocycles. The number of nitrogens with one attached hydrogen (secondary N) is 1. The first-order valence-corrected chi connectivity index (χ1v) is 6.68. The van der Waals surface area contributed by atoms with E-state index in [4.69, 9.17) is 11.6 Å². The zero-order chi connectivity index (χ0) is 11.0. The monoisotopic (exact) mass is 253 g/mol. The van der Waals surface area contributed by atoms with Gasteiger partial charge in [-0.1, -0.05) is 11.6 Å². The standard InChI is InChI=1S/C8H12ClNO2S2/c1-8(2,10-3)14(11,12)7-5-4-6(9)13-7/h4-5,10H,1-3H3. The third-order valence-corrected chi connectivity index (χ3v) is 6.23. The van der Waals surface area contributed by atoms with Crippen LogP contribution in [0.3, 0.4) is 0 Å². The van der Waals surface area contributed by atoms with Crippen molar-refractivity contribution in [2.45, 2.75) is 22.9 Å². The summed E-state index contributed by atoms with van der Waals surface area (Å²) in [6, 6.07) is 3.12. The van der Waals surface area contributed by atoms with Gasteiger partial charge in [0, 0.05) is 0 Å². The molecule has 0 aliphatic carbocycles. The van der Waals surface area contributed by atoms with Gasteiger partial charge in [-0.05, 0) is 33.0 Å². The Morgan fingerprint density at radius 3 is 2.36 bits per heavy atom. The van der Waals surface area contributed by atoms with Gasteiger partial charge in [0.15, 0.2) is 0 Å². The number of thiophene rings is 1. The fraction of sp³-hybridized carbons (Fsp3) is 0.500. The van der Waals surface area contributed by atoms with Gasteiger partial charge in [0.1, 0.15) is 9.08 Å². The molecule has 0 spiro atoms. The Morgan fingerprint density at radius 2 is 2.00 bits per heavy atom. The molecule has 6 heteroatoms. The van der Waals surface area contributed by atoms with E-state index in [1.807, 2.05) is 0 Å². The van der Waals surface area contributed by atoms with Crippen molar-refractivity contribution in [3.8, 4) is 0 Å². The molecule has 1 rings (SSSR count). The molecule has 0 aliphatic heterocycles. The lowest BCUT2D eigenvalue weighted by Gasteiger charge is -2.22. The molecule has 80 valence electrons. The topological polar surface area (TPSA) is 46.2 Å². The van der Waals surface area contributed by atoms with Crippen LogP contribution in [0, 0.1) is 0 Å². The molecule has 0 atom stereocenters. The average Bonchev–Trinajstić information content (AvgIpc) is 2.52. The van der Waals surface area contributed by atoms with Crippen LogP contribution in [0.25, 0.3) is 0 Å². The lowest BCUT2D eigenvalue weighted by molar-refractivity contribution is 0.512. The van der Waals surface area contributed by atoms with Crippen molar-refractivity contribution in [3.63, 3.8) is 0 Å². The highest BCUT2D eigenvalue weighted by atomic mass is 35.5. The molecule has 0 aromatic carbocycles. The first kappa shape index (κ1) is 12.0. The molecule has 1 heterocycles. The summed E-state index contributed by atoms with van der Waals surface area (Å²) in [7, 11) is -1.73. The van der Waals surface area contributed by atoms with Crippen molar-refractivity contribution in [3.05, 3.63) is 16.5 Å². The summed E-state index contributed by atoms with van der Waals surface area (Å²) < 4.78 is 24.8. The van der Waals surface area contributed by atoms with E-state index in [0.29, 0.717) is 8.55 Å². The molecular weight excluding hydrogens is 242 g/mol. The van der Waals surface area contributed by atoms with E-state index in [1.165, 1.54) is 6.07 Å². The third-order valence-electron chi connectivity index (χ3n) is 2.09. The van der Waals surface area contributed by atoms with E-state index >= 15 is 0 Å². The molecule has 1 aromatic heterocycles. The summed E-state index contributed by atoms with van der Waals surface area (Å²) in [6.07, 6.45) is 0. The fourth-order valence-electron chi connectivity index (χ4n) is 0.828. The molecule has 1 aromatic rings. The summed E-state index contributed by atoms with van der Waals surface area (Å²) >= 11 is 6.77. The van der Waals surface area contributed by atoms with Crippen LogP contribution < -0.4 is 5.32 Å². The Balaban J connectivity index is 3.22. The molecule has 0 fully saturated rings. The summed E-state index contributed by atoms with van der Waals surface area (Å²) in [5, 5.41) is 2.76. The van der Waals surface area contributed by atoms with Gasteiger partial charge >= 0.3 is 0 Å². The number of halogens is 1. The Bertz CT molecular complexity index is 422. The quantitative estimate of drug-likeness (QED) is 0.898. The van der Waals surface area contributed by atoms with Crippen molar-refractivity contribution < 1.29 is 8.42 Å². The minimum Gasteiger partial charge on any atom is -0.302 e. The summed E-state index contributed by atoms with van der Waals surface area (Å²) in [5.41, 5.74) is 0. The lowest BCUT2D eigenvalue weighted by atomic mass is 10.4. The van der Waals surface area contributed by atoms with E-state index in [1.54, 1.807) is 27.0 Å². The van der Waals surface area contributed by atoms with Crippen LogP contribution in [0.15, 0.2) is 16.3 Å². The van der Waals surface area contributed by atoms with Crippen molar-refractivity contribution in [1.29, 1.82) is 0 Å². The van der Waals surface area contributed by atoms with Gasteiger partial charge in [-0.3, -0.25) is 0 Å². The van der Waals surface area contributed by atoms with Gasteiger partial charge in [0.25, 0.3) is 0 Å². The predicted molar refractivity (Wildman–Crippen MR) is 59.7 cm³/mol. The second kappa shape index (κ2) is 3.81. The lowest BCUT2D eigenvalue weighted by Crippen LogP contribution is -2.43. The molecule has 0 unspecified atom stereocenters. The van der Waals surface area contributed by atoms with Crippen molar-refractivity contribution in [1.82, 2.24) is 5.32 Å². The second-order valence-corrected chi connectivity index (χ2v) is 7.76. The Morgan fingerprint density at radius 1 is 1.43 bits per heavy atom. The van der Waals surface area contributed by atoms with Crippen LogP contribution >= 0.6 is 22.9 Å². The minimum atomic E-state index is -3.34. The van der Waals surface area contributed by atoms with E-state index in [2.05, 4.69) is 5.32 Å². The van der Waals surface area contributed by atoms with E-state index < -0.39 is 14.7 Å². The first-order chi connectivity index (χ1) is 6.31. The zero-order valence-electron chi connectivity index (χ0n) is 8.17. The Labute approximate surface area is 93.0 Å². The fourth-order valence-corrected chi connectivity index (χ4v) is 4.09. The largest absolute Gasteiger partial charge is 0.302 e. The minimum absolute atomic E-state index is 0.293. The third kappa shape index (κ3) is 1.95. The van der Waals surface area contributed by atoms with Crippen LogP contribution in [-0.2, 0) is 9.84 Å². The van der Waals surface area contributed by atoms with Crippen LogP contribution in [-0.4, -0.2) is 20.3 Å². The van der Waals surface area contributed by atoms with Crippen molar-refractivity contribution >= 4 is 32.8 Å². The second-order valence-electron chi connectivity index (χ2n) is 3.32. The number of hydrogen-bond acceptors (Lipinski definition) is 4. The maximum Gasteiger partial charge on any atom is 0.205 e. The van der Waals surface area contributed by atoms with E-state index in [0.717, 1.165) is 11.3 Å². The SMILES string of the molecule is CNC(C)(C)S(=O)(=O)c1ccc(Cl)s1. The molecule has 3 nitrogen and oxygen atoms in total. The normalized spacial score (nSPS) is 13.1. The molecule has 0 saturated heterocycles. The molecule has 0 bridgehead atoms. The maximum absolute atomic E-state index is 12.0. The van der Waals surface area contributed by atoms with Crippen LogP contribution in [0.5, 0.6) is 0 Å². The first-order valence-electron chi connectivity index (χ1n) is 4.00. The highest BCUT2D eigenvalue weighted by molar-refractivity contribution is 7.94. The van der Waals surface area contributed by atoms with Gasteiger partial charge in [0.05, 0.1) is 4.34 Å². The predicted octanol–water partition coefficient (Wildman–Crippen LogP) is 2.13. The highest BCUT2D eigenvalue weighted by Gasteiger charge is 2.35. The smallest absolute Gasteiger partial charge is 0.205 e.